The highest BCUT2D eigenvalue weighted by Crippen LogP contribution is 2.21. The number of aromatic nitrogens is 2. The highest BCUT2D eigenvalue weighted by molar-refractivity contribution is 5.83. The smallest absolute Gasteiger partial charge is 0.335 e. The van der Waals surface area contributed by atoms with Gasteiger partial charge in [-0.2, -0.15) is 0 Å². The predicted molar refractivity (Wildman–Crippen MR) is 117 cm³/mol. The van der Waals surface area contributed by atoms with E-state index in [1.807, 2.05) is 19.1 Å². The third-order valence-electron chi connectivity index (χ3n) is 4.43. The molecule has 3 aromatic rings. The van der Waals surface area contributed by atoms with Crippen LogP contribution in [0.5, 0.6) is 0 Å². The number of benzene rings is 2. The summed E-state index contributed by atoms with van der Waals surface area (Å²) in [6.45, 7) is 1.96. The Labute approximate surface area is 184 Å². The van der Waals surface area contributed by atoms with Crippen molar-refractivity contribution in [3.05, 3.63) is 77.4 Å². The van der Waals surface area contributed by atoms with E-state index in [0.717, 1.165) is 23.2 Å². The number of carbonyl (C=O) groups is 2. The Morgan fingerprint density at radius 2 is 1.44 bits per heavy atom. The van der Waals surface area contributed by atoms with Gasteiger partial charge in [-0.1, -0.05) is 54.6 Å². The van der Waals surface area contributed by atoms with Gasteiger partial charge >= 0.3 is 11.9 Å². The molecule has 7 N–H and O–H groups in total. The van der Waals surface area contributed by atoms with Crippen molar-refractivity contribution in [2.24, 2.45) is 5.84 Å². The molecule has 0 aliphatic rings. The Hall–Kier alpha value is -3.86. The maximum atomic E-state index is 9.77. The Morgan fingerprint density at radius 3 is 1.91 bits per heavy atom. The molecule has 0 fully saturated rings. The molecule has 0 radical (unpaired) electrons. The average molecular weight is 440 g/mol. The lowest BCUT2D eigenvalue weighted by Crippen LogP contribution is -2.39. The first-order valence-electron chi connectivity index (χ1n) is 9.48. The first-order chi connectivity index (χ1) is 15.2. The largest absolute Gasteiger partial charge is 0.479 e. The standard InChI is InChI=1S/C18H18N4.C4H6O6/c1-13-11-17(21-22-18(13)20-19)16-9-7-15(8-10-16)12-14-5-3-2-4-6-14;5-1(3(7)8)2(6)4(9)10/h2-11H,12,19H2,1H3,(H,20,22);1-2,5-6H,(H,7,8)(H,9,10). The Balaban J connectivity index is 0.000000309. The number of aliphatic hydroxyl groups excluding tert-OH is 2. The second-order valence-corrected chi connectivity index (χ2v) is 6.83. The van der Waals surface area contributed by atoms with Crippen LogP contribution in [0.4, 0.5) is 5.82 Å². The van der Waals surface area contributed by atoms with Gasteiger partial charge in [0, 0.05) is 5.56 Å². The Bertz CT molecular complexity index is 1030. The molecule has 2 unspecified atom stereocenters. The summed E-state index contributed by atoms with van der Waals surface area (Å²) in [6.07, 6.45) is -3.60. The second kappa shape index (κ2) is 11.5. The topological polar surface area (TPSA) is 179 Å². The maximum absolute atomic E-state index is 9.77. The summed E-state index contributed by atoms with van der Waals surface area (Å²) < 4.78 is 0. The normalized spacial score (nSPS) is 12.1. The van der Waals surface area contributed by atoms with Crippen LogP contribution in [0, 0.1) is 6.92 Å². The monoisotopic (exact) mass is 440 g/mol. The lowest BCUT2D eigenvalue weighted by Gasteiger charge is -2.07. The molecular weight excluding hydrogens is 416 g/mol. The molecule has 2 atom stereocenters. The summed E-state index contributed by atoms with van der Waals surface area (Å²) in [6, 6.07) is 20.9. The summed E-state index contributed by atoms with van der Waals surface area (Å²) in [5, 5.41) is 40.8. The minimum absolute atomic E-state index is 0.601. The van der Waals surface area contributed by atoms with Gasteiger partial charge in [0.1, 0.15) is 0 Å². The van der Waals surface area contributed by atoms with E-state index < -0.39 is 24.1 Å². The summed E-state index contributed by atoms with van der Waals surface area (Å²) in [5.74, 6) is 2.44. The molecule has 0 amide bonds. The van der Waals surface area contributed by atoms with Gasteiger partial charge in [-0.15, -0.1) is 10.2 Å². The third-order valence-corrected chi connectivity index (χ3v) is 4.43. The van der Waals surface area contributed by atoms with E-state index >= 15 is 0 Å². The third kappa shape index (κ3) is 6.84. The molecule has 0 bridgehead atoms. The number of nitrogens with two attached hydrogens (primary N) is 1. The minimum atomic E-state index is -2.27. The lowest BCUT2D eigenvalue weighted by molar-refractivity contribution is -0.165. The average Bonchev–Trinajstić information content (AvgIpc) is 2.79. The van der Waals surface area contributed by atoms with E-state index in [4.69, 9.17) is 26.3 Å². The number of nitrogens with zero attached hydrogens (tertiary/aromatic N) is 2. The lowest BCUT2D eigenvalue weighted by atomic mass is 10.0. The molecule has 0 saturated carbocycles. The van der Waals surface area contributed by atoms with Crippen molar-refractivity contribution < 1.29 is 30.0 Å². The molecule has 10 heteroatoms. The van der Waals surface area contributed by atoms with Crippen LogP contribution in [-0.2, 0) is 16.0 Å². The van der Waals surface area contributed by atoms with Crippen LogP contribution >= 0.6 is 0 Å². The van der Waals surface area contributed by atoms with Crippen LogP contribution < -0.4 is 11.3 Å². The highest BCUT2D eigenvalue weighted by atomic mass is 16.4. The fraction of sp³-hybridized carbons (Fsp3) is 0.182. The maximum Gasteiger partial charge on any atom is 0.335 e. The molecule has 168 valence electrons. The second-order valence-electron chi connectivity index (χ2n) is 6.83. The van der Waals surface area contributed by atoms with E-state index in [1.165, 1.54) is 11.1 Å². The summed E-state index contributed by atoms with van der Waals surface area (Å²) in [4.78, 5) is 19.5. The van der Waals surface area contributed by atoms with Crippen molar-refractivity contribution in [1.82, 2.24) is 10.2 Å². The van der Waals surface area contributed by atoms with Crippen molar-refractivity contribution in [1.29, 1.82) is 0 Å². The molecule has 0 aliphatic carbocycles. The molecule has 3 rings (SSSR count). The number of rotatable bonds is 7. The van der Waals surface area contributed by atoms with Crippen molar-refractivity contribution in [2.45, 2.75) is 25.6 Å². The van der Waals surface area contributed by atoms with Crippen LogP contribution in [0.25, 0.3) is 11.3 Å². The molecule has 0 saturated heterocycles. The van der Waals surface area contributed by atoms with Gasteiger partial charge in [0.25, 0.3) is 0 Å². The van der Waals surface area contributed by atoms with Crippen LogP contribution in [0.3, 0.4) is 0 Å². The summed E-state index contributed by atoms with van der Waals surface area (Å²) in [5.41, 5.74) is 8.00. The zero-order valence-electron chi connectivity index (χ0n) is 17.2. The first kappa shape index (κ1) is 24.4. The number of nitrogen functional groups attached to an aromatic ring is 1. The van der Waals surface area contributed by atoms with Crippen LogP contribution in [-0.4, -0.2) is 54.8 Å². The van der Waals surface area contributed by atoms with E-state index in [-0.39, 0.29) is 0 Å². The first-order valence-corrected chi connectivity index (χ1v) is 9.48. The number of aliphatic hydroxyl groups is 2. The number of aliphatic carboxylic acids is 2. The van der Waals surface area contributed by atoms with Crippen molar-refractivity contribution in [3.63, 3.8) is 0 Å². The van der Waals surface area contributed by atoms with Gasteiger partial charge in [-0.05, 0) is 36.1 Å². The molecule has 0 spiro atoms. The Kier molecular flexibility index (Phi) is 8.78. The number of anilines is 1. The number of hydrogen-bond donors (Lipinski definition) is 6. The zero-order valence-corrected chi connectivity index (χ0v) is 17.2. The molecule has 1 heterocycles. The van der Waals surface area contributed by atoms with Gasteiger partial charge in [-0.25, -0.2) is 15.4 Å². The molecule has 0 aliphatic heterocycles. The molecule has 10 nitrogen and oxygen atoms in total. The molecule has 2 aromatic carbocycles. The van der Waals surface area contributed by atoms with Gasteiger partial charge in [0.15, 0.2) is 18.0 Å². The fourth-order valence-corrected chi connectivity index (χ4v) is 2.66. The van der Waals surface area contributed by atoms with E-state index in [0.29, 0.717) is 5.82 Å². The quantitative estimate of drug-likeness (QED) is 0.231. The van der Waals surface area contributed by atoms with E-state index in [9.17, 15) is 9.59 Å². The number of carboxylic acid groups (broad SMARTS) is 2. The molecular formula is C22H24N4O6. The Morgan fingerprint density at radius 1 is 0.906 bits per heavy atom. The fourth-order valence-electron chi connectivity index (χ4n) is 2.66. The van der Waals surface area contributed by atoms with Crippen molar-refractivity contribution in [2.75, 3.05) is 5.43 Å². The van der Waals surface area contributed by atoms with Gasteiger partial charge in [-0.3, -0.25) is 0 Å². The van der Waals surface area contributed by atoms with Crippen molar-refractivity contribution >= 4 is 17.8 Å². The minimum Gasteiger partial charge on any atom is -0.479 e. The molecule has 1 aromatic heterocycles. The number of aryl methyl sites for hydroxylation is 1. The predicted octanol–water partition coefficient (Wildman–Crippen LogP) is 1.21. The van der Waals surface area contributed by atoms with E-state index in [1.54, 1.807) is 0 Å². The highest BCUT2D eigenvalue weighted by Gasteiger charge is 2.29. The van der Waals surface area contributed by atoms with Gasteiger partial charge < -0.3 is 25.9 Å². The number of hydrazine groups is 1. The summed E-state index contributed by atoms with van der Waals surface area (Å²) in [7, 11) is 0. The van der Waals surface area contributed by atoms with Gasteiger partial charge in [0.05, 0.1) is 5.69 Å². The van der Waals surface area contributed by atoms with Crippen LogP contribution in [0.1, 0.15) is 16.7 Å². The summed E-state index contributed by atoms with van der Waals surface area (Å²) >= 11 is 0. The number of carboxylic acids is 2. The van der Waals surface area contributed by atoms with Gasteiger partial charge in [0.2, 0.25) is 0 Å². The van der Waals surface area contributed by atoms with Crippen LogP contribution in [0.15, 0.2) is 60.7 Å². The molecule has 32 heavy (non-hydrogen) atoms. The van der Waals surface area contributed by atoms with Crippen LogP contribution in [0.2, 0.25) is 0 Å². The number of hydrogen-bond acceptors (Lipinski definition) is 8. The van der Waals surface area contributed by atoms with Crippen molar-refractivity contribution in [3.8, 4) is 11.3 Å². The zero-order chi connectivity index (χ0) is 23.7. The number of nitrogens with one attached hydrogen (secondary N) is 1. The SMILES string of the molecule is Cc1cc(-c2ccc(Cc3ccccc3)cc2)nnc1NN.O=C(O)C(O)C(O)C(=O)O. The van der Waals surface area contributed by atoms with E-state index in [2.05, 4.69) is 64.2 Å².